The van der Waals surface area contributed by atoms with Crippen molar-refractivity contribution < 1.29 is 9.59 Å². The van der Waals surface area contributed by atoms with Gasteiger partial charge in [-0.3, -0.25) is 9.59 Å². The van der Waals surface area contributed by atoms with Crippen molar-refractivity contribution in [2.75, 3.05) is 6.54 Å². The van der Waals surface area contributed by atoms with Gasteiger partial charge in [0.15, 0.2) is 0 Å². The van der Waals surface area contributed by atoms with Crippen LogP contribution in [0.2, 0.25) is 0 Å². The summed E-state index contributed by atoms with van der Waals surface area (Å²) in [5, 5.41) is 0. The number of ketones is 1. The molecule has 0 N–H and O–H groups in total. The third-order valence-electron chi connectivity index (χ3n) is 2.70. The van der Waals surface area contributed by atoms with Crippen LogP contribution >= 0.6 is 0 Å². The molecular formula is C16H21NO2. The summed E-state index contributed by atoms with van der Waals surface area (Å²) in [6, 6.07) is 9.81. The number of hydrogen-bond donors (Lipinski definition) is 0. The lowest BCUT2D eigenvalue weighted by atomic mass is 10.2. The Bertz CT molecular complexity index is 437. The quantitative estimate of drug-likeness (QED) is 0.557. The number of amides is 1. The number of rotatable bonds is 7. The van der Waals surface area contributed by atoms with E-state index in [1.807, 2.05) is 42.5 Å². The van der Waals surface area contributed by atoms with E-state index in [9.17, 15) is 9.59 Å². The van der Waals surface area contributed by atoms with E-state index >= 15 is 0 Å². The van der Waals surface area contributed by atoms with Crippen molar-refractivity contribution in [3.05, 3.63) is 48.0 Å². The lowest BCUT2D eigenvalue weighted by molar-refractivity contribution is -0.134. The van der Waals surface area contributed by atoms with Gasteiger partial charge in [-0.2, -0.15) is 0 Å². The van der Waals surface area contributed by atoms with Crippen LogP contribution in [0.5, 0.6) is 0 Å². The Morgan fingerprint density at radius 1 is 1.16 bits per heavy atom. The van der Waals surface area contributed by atoms with Gasteiger partial charge >= 0.3 is 0 Å². The van der Waals surface area contributed by atoms with Crippen LogP contribution in [-0.4, -0.2) is 23.1 Å². The molecule has 0 saturated heterocycles. The van der Waals surface area contributed by atoms with Gasteiger partial charge in [0, 0.05) is 13.1 Å². The average molecular weight is 259 g/mol. The molecule has 0 radical (unpaired) electrons. The average Bonchev–Trinajstić information content (AvgIpc) is 2.38. The van der Waals surface area contributed by atoms with Gasteiger partial charge in [0.05, 0.1) is 6.42 Å². The van der Waals surface area contributed by atoms with E-state index in [0.29, 0.717) is 13.1 Å². The molecule has 0 saturated carbocycles. The summed E-state index contributed by atoms with van der Waals surface area (Å²) in [4.78, 5) is 24.8. The van der Waals surface area contributed by atoms with Crippen molar-refractivity contribution in [1.29, 1.82) is 0 Å². The molecule has 3 heteroatoms. The van der Waals surface area contributed by atoms with Crippen LogP contribution in [0.25, 0.3) is 0 Å². The number of carbonyl (C=O) groups is 2. The molecule has 0 aromatic heterocycles. The molecule has 1 rings (SSSR count). The molecule has 0 fully saturated rings. The van der Waals surface area contributed by atoms with E-state index in [4.69, 9.17) is 0 Å². The topological polar surface area (TPSA) is 37.4 Å². The van der Waals surface area contributed by atoms with Crippen LogP contribution in [-0.2, 0) is 16.1 Å². The summed E-state index contributed by atoms with van der Waals surface area (Å²) in [5.41, 5.74) is 1.07. The minimum atomic E-state index is -0.114. The van der Waals surface area contributed by atoms with E-state index in [-0.39, 0.29) is 18.1 Å². The Labute approximate surface area is 114 Å². The van der Waals surface area contributed by atoms with E-state index in [2.05, 4.69) is 6.92 Å². The molecular weight excluding hydrogens is 238 g/mol. The lowest BCUT2D eigenvalue weighted by Crippen LogP contribution is -2.31. The van der Waals surface area contributed by atoms with E-state index in [0.717, 1.165) is 12.0 Å². The van der Waals surface area contributed by atoms with Crippen molar-refractivity contribution >= 4 is 11.7 Å². The van der Waals surface area contributed by atoms with Gasteiger partial charge in [0.2, 0.25) is 5.91 Å². The second kappa shape index (κ2) is 8.25. The normalized spacial score (nSPS) is 10.6. The van der Waals surface area contributed by atoms with Crippen molar-refractivity contribution in [1.82, 2.24) is 4.90 Å². The highest BCUT2D eigenvalue weighted by Gasteiger charge is 2.14. The smallest absolute Gasteiger partial charge is 0.230 e. The molecule has 0 aliphatic carbocycles. The number of Topliss-reactive ketones (excluding diaryl/α,β-unsaturated/α-hetero) is 1. The van der Waals surface area contributed by atoms with Crippen LogP contribution in [0.3, 0.4) is 0 Å². The Morgan fingerprint density at radius 3 is 2.42 bits per heavy atom. The van der Waals surface area contributed by atoms with E-state index in [1.54, 1.807) is 4.90 Å². The SMILES string of the molecule is CC/C=C/CN(Cc1ccccc1)C(=O)CC(C)=O. The van der Waals surface area contributed by atoms with Crippen molar-refractivity contribution in [2.45, 2.75) is 33.2 Å². The Morgan fingerprint density at radius 2 is 1.84 bits per heavy atom. The number of allylic oxidation sites excluding steroid dienone is 1. The van der Waals surface area contributed by atoms with E-state index < -0.39 is 0 Å². The summed E-state index contributed by atoms with van der Waals surface area (Å²) >= 11 is 0. The maximum atomic E-state index is 12.0. The van der Waals surface area contributed by atoms with Crippen molar-refractivity contribution in [2.24, 2.45) is 0 Å². The van der Waals surface area contributed by atoms with Gasteiger partial charge in [-0.15, -0.1) is 0 Å². The largest absolute Gasteiger partial charge is 0.334 e. The number of carbonyl (C=O) groups excluding carboxylic acids is 2. The highest BCUT2D eigenvalue weighted by Crippen LogP contribution is 2.06. The fraction of sp³-hybridized carbons (Fsp3) is 0.375. The minimum Gasteiger partial charge on any atom is -0.334 e. The van der Waals surface area contributed by atoms with Crippen LogP contribution in [0.4, 0.5) is 0 Å². The zero-order valence-corrected chi connectivity index (χ0v) is 11.6. The molecule has 0 atom stereocenters. The maximum Gasteiger partial charge on any atom is 0.230 e. The summed E-state index contributed by atoms with van der Waals surface area (Å²) < 4.78 is 0. The van der Waals surface area contributed by atoms with Crippen molar-refractivity contribution in [3.8, 4) is 0 Å². The minimum absolute atomic E-state index is 0.0210. The van der Waals surface area contributed by atoms with Gasteiger partial charge in [0.25, 0.3) is 0 Å². The first-order valence-electron chi connectivity index (χ1n) is 6.59. The first-order valence-corrected chi connectivity index (χ1v) is 6.59. The predicted octanol–water partition coefficient (Wildman–Crippen LogP) is 2.96. The van der Waals surface area contributed by atoms with Gasteiger partial charge in [0.1, 0.15) is 5.78 Å². The maximum absolute atomic E-state index is 12.0. The zero-order valence-electron chi connectivity index (χ0n) is 11.6. The first kappa shape index (κ1) is 15.2. The number of hydrogen-bond acceptors (Lipinski definition) is 2. The zero-order chi connectivity index (χ0) is 14.1. The molecule has 0 spiro atoms. The molecule has 0 unspecified atom stereocenters. The fourth-order valence-corrected chi connectivity index (χ4v) is 1.75. The second-order valence-electron chi connectivity index (χ2n) is 4.52. The predicted molar refractivity (Wildman–Crippen MR) is 76.6 cm³/mol. The van der Waals surface area contributed by atoms with Crippen LogP contribution < -0.4 is 0 Å². The molecule has 0 aliphatic heterocycles. The number of benzene rings is 1. The standard InChI is InChI=1S/C16H21NO2/c1-3-4-8-11-17(16(19)12-14(2)18)13-15-9-6-5-7-10-15/h4-10H,3,11-13H2,1-2H3/b8-4+. The van der Waals surface area contributed by atoms with Crippen LogP contribution in [0.15, 0.2) is 42.5 Å². The first-order chi connectivity index (χ1) is 9.13. The molecule has 1 amide bonds. The Kier molecular flexibility index (Phi) is 6.58. The summed E-state index contributed by atoms with van der Waals surface area (Å²) in [7, 11) is 0. The Balaban J connectivity index is 2.71. The molecule has 0 heterocycles. The third kappa shape index (κ3) is 6.00. The van der Waals surface area contributed by atoms with Crippen LogP contribution in [0.1, 0.15) is 32.3 Å². The molecule has 0 aliphatic rings. The summed E-state index contributed by atoms with van der Waals surface area (Å²) in [6.07, 6.45) is 4.92. The van der Waals surface area contributed by atoms with Crippen LogP contribution in [0, 0.1) is 0 Å². The molecule has 1 aromatic rings. The molecule has 19 heavy (non-hydrogen) atoms. The molecule has 0 bridgehead atoms. The summed E-state index contributed by atoms with van der Waals surface area (Å²) in [6.45, 7) is 4.59. The van der Waals surface area contributed by atoms with Gasteiger partial charge < -0.3 is 4.90 Å². The molecule has 3 nitrogen and oxygen atoms in total. The molecule has 102 valence electrons. The van der Waals surface area contributed by atoms with E-state index in [1.165, 1.54) is 6.92 Å². The highest BCUT2D eigenvalue weighted by atomic mass is 16.2. The van der Waals surface area contributed by atoms with Gasteiger partial charge in [-0.1, -0.05) is 49.4 Å². The molecule has 1 aromatic carbocycles. The van der Waals surface area contributed by atoms with Crippen molar-refractivity contribution in [3.63, 3.8) is 0 Å². The van der Waals surface area contributed by atoms with Gasteiger partial charge in [-0.05, 0) is 18.9 Å². The Hall–Kier alpha value is -1.90. The number of nitrogens with zero attached hydrogens (tertiary/aromatic N) is 1. The van der Waals surface area contributed by atoms with Gasteiger partial charge in [-0.25, -0.2) is 0 Å². The summed E-state index contributed by atoms with van der Waals surface area (Å²) in [5.74, 6) is -0.209. The third-order valence-corrected chi connectivity index (χ3v) is 2.70. The fourth-order valence-electron chi connectivity index (χ4n) is 1.75. The monoisotopic (exact) mass is 259 g/mol. The lowest BCUT2D eigenvalue weighted by Gasteiger charge is -2.21. The second-order valence-corrected chi connectivity index (χ2v) is 4.52. The highest BCUT2D eigenvalue weighted by molar-refractivity contribution is 5.96.